The zero-order chi connectivity index (χ0) is 11.3. The van der Waals surface area contributed by atoms with Gasteiger partial charge in [-0.05, 0) is 38.0 Å². The van der Waals surface area contributed by atoms with Crippen LogP contribution in [-0.2, 0) is 4.79 Å². The number of hydrogen-bond donors (Lipinski definition) is 2. The monoisotopic (exact) mass is 248 g/mol. The fourth-order valence-corrected chi connectivity index (χ4v) is 2.21. The molecule has 1 saturated carbocycles. The molecular formula is C12H25ClN2O. The molecule has 1 rings (SSSR count). The molecule has 96 valence electrons. The van der Waals surface area contributed by atoms with Crippen molar-refractivity contribution in [3.8, 4) is 0 Å². The first-order chi connectivity index (χ1) is 7.17. The Balaban J connectivity index is 0.00000225. The third kappa shape index (κ3) is 4.71. The van der Waals surface area contributed by atoms with Gasteiger partial charge in [0.25, 0.3) is 0 Å². The summed E-state index contributed by atoms with van der Waals surface area (Å²) in [5, 5.41) is 3.05. The van der Waals surface area contributed by atoms with Gasteiger partial charge >= 0.3 is 0 Å². The van der Waals surface area contributed by atoms with E-state index in [0.717, 1.165) is 25.2 Å². The fourth-order valence-electron chi connectivity index (χ4n) is 2.21. The zero-order valence-corrected chi connectivity index (χ0v) is 11.2. The van der Waals surface area contributed by atoms with Gasteiger partial charge in [0.15, 0.2) is 0 Å². The molecule has 0 saturated heterocycles. The Morgan fingerprint density at radius 3 is 2.31 bits per heavy atom. The molecule has 16 heavy (non-hydrogen) atoms. The number of carbonyl (C=O) groups is 1. The van der Waals surface area contributed by atoms with E-state index in [1.807, 2.05) is 6.92 Å². The minimum atomic E-state index is -0.325. The second kappa shape index (κ2) is 7.91. The molecular weight excluding hydrogens is 224 g/mol. The molecule has 1 atom stereocenters. The first-order valence-corrected chi connectivity index (χ1v) is 6.23. The summed E-state index contributed by atoms with van der Waals surface area (Å²) in [6.07, 6.45) is 6.75. The van der Waals surface area contributed by atoms with Gasteiger partial charge in [-0.1, -0.05) is 20.3 Å². The Labute approximate surface area is 105 Å². The van der Waals surface area contributed by atoms with Crippen molar-refractivity contribution in [3.63, 3.8) is 0 Å². The maximum absolute atomic E-state index is 11.6. The molecule has 3 N–H and O–H groups in total. The van der Waals surface area contributed by atoms with E-state index in [0.29, 0.717) is 6.04 Å². The summed E-state index contributed by atoms with van der Waals surface area (Å²) in [5.41, 5.74) is 5.68. The van der Waals surface area contributed by atoms with Crippen LogP contribution in [0.1, 0.15) is 52.4 Å². The molecule has 4 heteroatoms. The van der Waals surface area contributed by atoms with Crippen molar-refractivity contribution >= 4 is 18.3 Å². The maximum Gasteiger partial charge on any atom is 0.237 e. The molecule has 0 bridgehead atoms. The molecule has 0 aromatic heterocycles. The van der Waals surface area contributed by atoms with Gasteiger partial charge in [0.05, 0.1) is 6.04 Å². The van der Waals surface area contributed by atoms with Crippen molar-refractivity contribution in [3.05, 3.63) is 0 Å². The lowest BCUT2D eigenvalue weighted by Crippen LogP contribution is -2.46. The standard InChI is InChI=1S/C12H24N2O.ClH/c1-3-9-5-7-10(8-6-9)14-12(15)11(13)4-2;/h9-11H,3-8,13H2,1-2H3,(H,14,15);1H/t9?,10?,11-;/m0./s1. The van der Waals surface area contributed by atoms with E-state index in [9.17, 15) is 4.79 Å². The summed E-state index contributed by atoms with van der Waals surface area (Å²) in [6.45, 7) is 4.19. The Kier molecular flexibility index (Phi) is 7.77. The van der Waals surface area contributed by atoms with Gasteiger partial charge in [0.2, 0.25) is 5.91 Å². The Bertz CT molecular complexity index is 203. The minimum Gasteiger partial charge on any atom is -0.352 e. The Morgan fingerprint density at radius 1 is 1.31 bits per heavy atom. The SMILES string of the molecule is CCC1CCC(NC(=O)[C@@H](N)CC)CC1.Cl. The van der Waals surface area contributed by atoms with Crippen LogP contribution in [0.5, 0.6) is 0 Å². The number of nitrogens with two attached hydrogens (primary N) is 1. The van der Waals surface area contributed by atoms with Crippen molar-refractivity contribution < 1.29 is 4.79 Å². The molecule has 0 unspecified atom stereocenters. The lowest BCUT2D eigenvalue weighted by atomic mass is 9.84. The lowest BCUT2D eigenvalue weighted by Gasteiger charge is -2.29. The van der Waals surface area contributed by atoms with Crippen LogP contribution in [0.2, 0.25) is 0 Å². The fraction of sp³-hybridized carbons (Fsp3) is 0.917. The average Bonchev–Trinajstić information content (AvgIpc) is 2.29. The quantitative estimate of drug-likeness (QED) is 0.802. The third-order valence-electron chi connectivity index (χ3n) is 3.55. The van der Waals surface area contributed by atoms with Crippen molar-refractivity contribution in [2.45, 2.75) is 64.5 Å². The van der Waals surface area contributed by atoms with Gasteiger partial charge in [-0.2, -0.15) is 0 Å². The smallest absolute Gasteiger partial charge is 0.237 e. The predicted octanol–water partition coefficient (Wildman–Crippen LogP) is 2.23. The molecule has 1 aliphatic carbocycles. The second-order valence-corrected chi connectivity index (χ2v) is 4.65. The third-order valence-corrected chi connectivity index (χ3v) is 3.55. The number of rotatable bonds is 4. The van der Waals surface area contributed by atoms with Crippen LogP contribution in [0, 0.1) is 5.92 Å². The summed E-state index contributed by atoms with van der Waals surface area (Å²) < 4.78 is 0. The first-order valence-electron chi connectivity index (χ1n) is 6.23. The van der Waals surface area contributed by atoms with E-state index < -0.39 is 0 Å². The molecule has 1 aliphatic rings. The van der Waals surface area contributed by atoms with Crippen LogP contribution in [-0.4, -0.2) is 18.0 Å². The van der Waals surface area contributed by atoms with Crippen LogP contribution in [0.25, 0.3) is 0 Å². The summed E-state index contributed by atoms with van der Waals surface area (Å²) in [6, 6.07) is 0.0480. The maximum atomic E-state index is 11.6. The molecule has 0 spiro atoms. The van der Waals surface area contributed by atoms with Crippen molar-refractivity contribution in [1.29, 1.82) is 0 Å². The van der Waals surface area contributed by atoms with Crippen molar-refractivity contribution in [2.75, 3.05) is 0 Å². The highest BCUT2D eigenvalue weighted by molar-refractivity contribution is 5.85. The molecule has 0 heterocycles. The number of amides is 1. The molecule has 0 aliphatic heterocycles. The second-order valence-electron chi connectivity index (χ2n) is 4.65. The highest BCUT2D eigenvalue weighted by Gasteiger charge is 2.22. The van der Waals surface area contributed by atoms with Crippen LogP contribution in [0.3, 0.4) is 0 Å². The van der Waals surface area contributed by atoms with Gasteiger partial charge in [-0.3, -0.25) is 4.79 Å². The van der Waals surface area contributed by atoms with Gasteiger partial charge in [-0.15, -0.1) is 12.4 Å². The molecule has 0 radical (unpaired) electrons. The minimum absolute atomic E-state index is 0. The lowest BCUT2D eigenvalue weighted by molar-refractivity contribution is -0.123. The van der Waals surface area contributed by atoms with Crippen LogP contribution in [0.15, 0.2) is 0 Å². The molecule has 0 aromatic rings. The van der Waals surface area contributed by atoms with E-state index in [1.54, 1.807) is 0 Å². The van der Waals surface area contributed by atoms with Gasteiger partial charge in [0.1, 0.15) is 0 Å². The summed E-state index contributed by atoms with van der Waals surface area (Å²) in [5.74, 6) is 0.899. The molecule has 3 nitrogen and oxygen atoms in total. The number of carbonyl (C=O) groups excluding carboxylic acids is 1. The highest BCUT2D eigenvalue weighted by atomic mass is 35.5. The Morgan fingerprint density at radius 2 is 1.88 bits per heavy atom. The summed E-state index contributed by atoms with van der Waals surface area (Å²) in [7, 11) is 0. The van der Waals surface area contributed by atoms with E-state index in [1.165, 1.54) is 19.3 Å². The van der Waals surface area contributed by atoms with Crippen molar-refractivity contribution in [2.24, 2.45) is 11.7 Å². The number of nitrogens with one attached hydrogen (secondary N) is 1. The van der Waals surface area contributed by atoms with Gasteiger partial charge in [0, 0.05) is 6.04 Å². The number of halogens is 1. The Hall–Kier alpha value is -0.280. The largest absolute Gasteiger partial charge is 0.352 e. The van der Waals surface area contributed by atoms with Crippen molar-refractivity contribution in [1.82, 2.24) is 5.32 Å². The first kappa shape index (κ1) is 15.7. The van der Waals surface area contributed by atoms with Crippen LogP contribution >= 0.6 is 12.4 Å². The number of hydrogen-bond acceptors (Lipinski definition) is 2. The molecule has 1 fully saturated rings. The van der Waals surface area contributed by atoms with E-state index >= 15 is 0 Å². The summed E-state index contributed by atoms with van der Waals surface area (Å²) >= 11 is 0. The van der Waals surface area contributed by atoms with E-state index in [4.69, 9.17) is 5.73 Å². The zero-order valence-electron chi connectivity index (χ0n) is 10.4. The summed E-state index contributed by atoms with van der Waals surface area (Å²) in [4.78, 5) is 11.6. The van der Waals surface area contributed by atoms with Crippen LogP contribution in [0.4, 0.5) is 0 Å². The van der Waals surface area contributed by atoms with Gasteiger partial charge in [-0.25, -0.2) is 0 Å². The highest BCUT2D eigenvalue weighted by Crippen LogP contribution is 2.26. The topological polar surface area (TPSA) is 55.1 Å². The molecule has 0 aromatic carbocycles. The van der Waals surface area contributed by atoms with Crippen LogP contribution < -0.4 is 11.1 Å². The van der Waals surface area contributed by atoms with Gasteiger partial charge < -0.3 is 11.1 Å². The van der Waals surface area contributed by atoms with E-state index in [2.05, 4.69) is 12.2 Å². The van der Waals surface area contributed by atoms with E-state index in [-0.39, 0.29) is 24.4 Å². The molecule has 1 amide bonds. The average molecular weight is 249 g/mol. The predicted molar refractivity (Wildman–Crippen MR) is 69.7 cm³/mol. The normalized spacial score (nSPS) is 26.7.